The predicted molar refractivity (Wildman–Crippen MR) is 197 cm³/mol. The molecule has 0 radical (unpaired) electrons. The topological polar surface area (TPSA) is 143 Å². The fourth-order valence-corrected chi connectivity index (χ4v) is 7.57. The van der Waals surface area contributed by atoms with Crippen LogP contribution in [0, 0.1) is 0 Å². The molecule has 50 heavy (non-hydrogen) atoms. The summed E-state index contributed by atoms with van der Waals surface area (Å²) in [5.74, 6) is -1.38. The third kappa shape index (κ3) is 9.54. The van der Waals surface area contributed by atoms with E-state index < -0.39 is 17.8 Å². The van der Waals surface area contributed by atoms with Gasteiger partial charge in [-0.2, -0.15) is 0 Å². The summed E-state index contributed by atoms with van der Waals surface area (Å²) in [5, 5.41) is 18.9. The molecule has 0 atom stereocenters. The van der Waals surface area contributed by atoms with E-state index in [-0.39, 0.29) is 29.7 Å². The van der Waals surface area contributed by atoms with Crippen LogP contribution in [-0.2, 0) is 27.2 Å². The highest BCUT2D eigenvalue weighted by Gasteiger charge is 2.26. The molecule has 1 aliphatic carbocycles. The first-order chi connectivity index (χ1) is 24.2. The number of fused-ring (bicyclic) bond motifs is 1. The van der Waals surface area contributed by atoms with Crippen LogP contribution in [0.15, 0.2) is 83.4 Å². The molecule has 5 rings (SSSR count). The number of benzene rings is 3. The number of amides is 3. The molecule has 3 amide bonds. The summed E-state index contributed by atoms with van der Waals surface area (Å²) in [4.78, 5) is 54.6. The molecule has 0 spiro atoms. The van der Waals surface area contributed by atoms with Gasteiger partial charge in [0.25, 0.3) is 11.8 Å². The zero-order valence-corrected chi connectivity index (χ0v) is 29.5. The van der Waals surface area contributed by atoms with Gasteiger partial charge >= 0.3 is 5.97 Å². The minimum absolute atomic E-state index is 0.0129. The highest BCUT2D eigenvalue weighted by Crippen LogP contribution is 2.38. The van der Waals surface area contributed by atoms with Gasteiger partial charge in [0, 0.05) is 32.7 Å². The van der Waals surface area contributed by atoms with E-state index >= 15 is 0 Å². The Morgan fingerprint density at radius 1 is 0.920 bits per heavy atom. The van der Waals surface area contributed by atoms with E-state index in [1.807, 2.05) is 6.07 Å². The number of phenolic OH excluding ortho intramolecular Hbond substituents is 1. The number of hydrogen-bond acceptors (Lipinski definition) is 9. The molecule has 4 aromatic rings. The molecule has 4 N–H and O–H groups in total. The van der Waals surface area contributed by atoms with Gasteiger partial charge in [0.2, 0.25) is 5.91 Å². The summed E-state index contributed by atoms with van der Waals surface area (Å²) >= 11 is 2.74. The molecule has 0 saturated heterocycles. The lowest BCUT2D eigenvalue weighted by molar-refractivity contribution is -0.114. The number of anilines is 2. The van der Waals surface area contributed by atoms with E-state index in [0.29, 0.717) is 33.1 Å². The number of aromatic hydroxyl groups is 1. The van der Waals surface area contributed by atoms with Gasteiger partial charge in [-0.1, -0.05) is 37.1 Å². The van der Waals surface area contributed by atoms with Crippen molar-refractivity contribution in [2.75, 3.05) is 30.1 Å². The number of hydrogen-bond donors (Lipinski definition) is 4. The minimum Gasteiger partial charge on any atom is -0.508 e. The van der Waals surface area contributed by atoms with Crippen molar-refractivity contribution < 1.29 is 33.8 Å². The van der Waals surface area contributed by atoms with Gasteiger partial charge < -0.3 is 30.5 Å². The number of aryl methyl sites for hydroxylation is 1. The summed E-state index contributed by atoms with van der Waals surface area (Å²) in [6.07, 6.45) is 7.44. The Morgan fingerprint density at radius 3 is 2.46 bits per heavy atom. The fourth-order valence-electron chi connectivity index (χ4n) is 5.52. The van der Waals surface area contributed by atoms with Gasteiger partial charge in [0.1, 0.15) is 22.2 Å². The molecule has 0 aliphatic heterocycles. The number of ether oxygens (including phenoxy) is 2. The second kappa shape index (κ2) is 17.5. The standard InChI is InChI=1S/C38H39N3O7S2/c1-3-48-38(46)34-29-16-9-4-5-10-17-32(29)50-37(34)41-33(43)23-49-28-15-11-14-26(21-28)39-36(45)30(40-35(44)24-12-7-6-8-13-24)20-25-18-19-27(42)22-31(25)47-2/h6-8,11-15,18-22,42H,3-5,9-10,16-17,23H2,1-2H3,(H,39,45)(H,40,44)(H,41,43)/b30-20+. The largest absolute Gasteiger partial charge is 0.508 e. The van der Waals surface area contributed by atoms with Crippen LogP contribution in [0.25, 0.3) is 6.08 Å². The first kappa shape index (κ1) is 36.2. The summed E-state index contributed by atoms with van der Waals surface area (Å²) in [6, 6.07) is 19.9. The maximum absolute atomic E-state index is 13.6. The highest BCUT2D eigenvalue weighted by atomic mass is 32.2. The van der Waals surface area contributed by atoms with Crippen LogP contribution >= 0.6 is 23.1 Å². The Morgan fingerprint density at radius 2 is 1.70 bits per heavy atom. The zero-order chi connectivity index (χ0) is 35.5. The molecule has 0 bridgehead atoms. The van der Waals surface area contributed by atoms with Gasteiger partial charge in [-0.15, -0.1) is 23.1 Å². The molecule has 1 heterocycles. The SMILES string of the molecule is CCOC(=O)c1c(NC(=O)CSc2cccc(NC(=O)/C(=C\c3ccc(O)cc3OC)NC(=O)c3ccccc3)c2)sc2c1CCCCCC2. The number of carbonyl (C=O) groups excluding carboxylic acids is 4. The summed E-state index contributed by atoms with van der Waals surface area (Å²) < 4.78 is 10.7. The summed E-state index contributed by atoms with van der Waals surface area (Å²) in [5.41, 5.74) is 2.69. The Bertz CT molecular complexity index is 1890. The predicted octanol–water partition coefficient (Wildman–Crippen LogP) is 7.44. The molecule has 10 nitrogen and oxygen atoms in total. The monoisotopic (exact) mass is 713 g/mol. The van der Waals surface area contributed by atoms with Crippen LogP contribution in [0.1, 0.15) is 69.3 Å². The van der Waals surface area contributed by atoms with Gasteiger partial charge in [0.15, 0.2) is 0 Å². The van der Waals surface area contributed by atoms with Crippen LogP contribution in [0.3, 0.4) is 0 Å². The second-order valence-corrected chi connectivity index (χ2v) is 13.6. The Labute approximate surface area is 299 Å². The molecule has 260 valence electrons. The van der Waals surface area contributed by atoms with E-state index in [2.05, 4.69) is 16.0 Å². The average Bonchev–Trinajstić information content (AvgIpc) is 3.43. The van der Waals surface area contributed by atoms with E-state index in [4.69, 9.17) is 9.47 Å². The number of phenols is 1. The van der Waals surface area contributed by atoms with Crippen molar-refractivity contribution in [1.29, 1.82) is 0 Å². The van der Waals surface area contributed by atoms with Crippen molar-refractivity contribution in [1.82, 2.24) is 5.32 Å². The summed E-state index contributed by atoms with van der Waals surface area (Å²) in [6.45, 7) is 2.02. The number of carbonyl (C=O) groups is 4. The Kier molecular flexibility index (Phi) is 12.7. The van der Waals surface area contributed by atoms with Crippen LogP contribution in [0.5, 0.6) is 11.5 Å². The molecular weight excluding hydrogens is 675 g/mol. The number of rotatable bonds is 12. The lowest BCUT2D eigenvalue weighted by Gasteiger charge is -2.13. The van der Waals surface area contributed by atoms with Crippen LogP contribution in [0.4, 0.5) is 10.7 Å². The second-order valence-electron chi connectivity index (χ2n) is 11.5. The number of nitrogens with one attached hydrogen (secondary N) is 3. The van der Waals surface area contributed by atoms with E-state index in [1.54, 1.807) is 61.5 Å². The van der Waals surface area contributed by atoms with E-state index in [0.717, 1.165) is 53.9 Å². The van der Waals surface area contributed by atoms with Crippen LogP contribution < -0.4 is 20.7 Å². The quantitative estimate of drug-likeness (QED) is 0.0674. The number of methoxy groups -OCH3 is 1. The maximum atomic E-state index is 13.6. The van der Waals surface area contributed by atoms with Crippen molar-refractivity contribution in [3.63, 3.8) is 0 Å². The third-order valence-electron chi connectivity index (χ3n) is 7.91. The first-order valence-electron chi connectivity index (χ1n) is 16.4. The van der Waals surface area contributed by atoms with Gasteiger partial charge in [0.05, 0.1) is 25.0 Å². The van der Waals surface area contributed by atoms with Crippen molar-refractivity contribution in [2.24, 2.45) is 0 Å². The van der Waals surface area contributed by atoms with Crippen molar-refractivity contribution in [2.45, 2.75) is 50.3 Å². The molecular formula is C38H39N3O7S2. The molecule has 1 aliphatic rings. The molecule has 0 saturated carbocycles. The zero-order valence-electron chi connectivity index (χ0n) is 27.9. The van der Waals surface area contributed by atoms with Crippen molar-refractivity contribution in [3.05, 3.63) is 106 Å². The first-order valence-corrected chi connectivity index (χ1v) is 18.2. The van der Waals surface area contributed by atoms with Crippen molar-refractivity contribution >= 4 is 63.6 Å². The Balaban J connectivity index is 1.29. The molecule has 0 fully saturated rings. The molecule has 3 aromatic carbocycles. The molecule has 12 heteroatoms. The van der Waals surface area contributed by atoms with E-state index in [1.165, 1.54) is 48.4 Å². The lowest BCUT2D eigenvalue weighted by Crippen LogP contribution is -2.30. The minimum atomic E-state index is -0.593. The smallest absolute Gasteiger partial charge is 0.341 e. The molecule has 1 aromatic heterocycles. The van der Waals surface area contributed by atoms with Crippen molar-refractivity contribution in [3.8, 4) is 11.5 Å². The van der Waals surface area contributed by atoms with Gasteiger partial charge in [-0.05, 0) is 86.7 Å². The average molecular weight is 714 g/mol. The lowest BCUT2D eigenvalue weighted by atomic mass is 9.96. The van der Waals surface area contributed by atoms with Gasteiger partial charge in [-0.3, -0.25) is 14.4 Å². The number of esters is 1. The molecule has 0 unspecified atom stereocenters. The number of thioether (sulfide) groups is 1. The van der Waals surface area contributed by atoms with Gasteiger partial charge in [-0.25, -0.2) is 4.79 Å². The highest BCUT2D eigenvalue weighted by molar-refractivity contribution is 8.00. The summed E-state index contributed by atoms with van der Waals surface area (Å²) in [7, 11) is 1.44. The maximum Gasteiger partial charge on any atom is 0.341 e. The van der Waals surface area contributed by atoms with Crippen LogP contribution in [-0.4, -0.2) is 48.3 Å². The van der Waals surface area contributed by atoms with Crippen LogP contribution in [0.2, 0.25) is 0 Å². The normalized spacial score (nSPS) is 12.9. The third-order valence-corrected chi connectivity index (χ3v) is 10.1. The van der Waals surface area contributed by atoms with E-state index in [9.17, 15) is 24.3 Å². The fraction of sp³-hybridized carbons (Fsp3) is 0.263. The Hall–Kier alpha value is -5.07. The number of thiophene rings is 1.